The molecule has 4 amide bonds. The first kappa shape index (κ1) is 61.8. The van der Waals surface area contributed by atoms with Gasteiger partial charge < -0.3 is 44.7 Å². The summed E-state index contributed by atoms with van der Waals surface area (Å²) in [4.78, 5) is 62.6. The average molecular weight is 1220 g/mol. The summed E-state index contributed by atoms with van der Waals surface area (Å²) in [6, 6.07) is 27.4. The number of benzene rings is 4. The van der Waals surface area contributed by atoms with Crippen LogP contribution in [0.4, 0.5) is 20.7 Å². The number of methoxy groups -OCH3 is 1. The second kappa shape index (κ2) is 26.0. The lowest BCUT2D eigenvalue weighted by atomic mass is 9.71. The van der Waals surface area contributed by atoms with Crippen molar-refractivity contribution < 1.29 is 37.7 Å². The number of hydrogen-bond donors (Lipinski definition) is 2. The summed E-state index contributed by atoms with van der Waals surface area (Å²) >= 11 is 13.0. The number of anilines is 2. The van der Waals surface area contributed by atoms with Crippen molar-refractivity contribution in [2.24, 2.45) is 4.99 Å². The van der Waals surface area contributed by atoms with Gasteiger partial charge in [-0.3, -0.25) is 24.4 Å². The van der Waals surface area contributed by atoms with Gasteiger partial charge in [-0.1, -0.05) is 74.3 Å². The molecular formula is C65H78Cl2FN11O7. The number of pyridine rings is 1. The number of carbonyl (C=O) groups excluding carboxylic acids is 3. The summed E-state index contributed by atoms with van der Waals surface area (Å²) in [5, 5.41) is 9.06. The first-order valence-corrected chi connectivity index (χ1v) is 30.3. The van der Waals surface area contributed by atoms with Crippen molar-refractivity contribution >= 4 is 58.4 Å². The van der Waals surface area contributed by atoms with Gasteiger partial charge >= 0.3 is 6.03 Å². The maximum absolute atomic E-state index is 15.5. The molecule has 2 fully saturated rings. The van der Waals surface area contributed by atoms with Crippen LogP contribution in [0, 0.1) is 5.82 Å². The number of rotatable bonds is 18. The third kappa shape index (κ3) is 12.5. The van der Waals surface area contributed by atoms with Gasteiger partial charge in [0, 0.05) is 86.7 Å². The molecule has 4 aliphatic heterocycles. The minimum absolute atomic E-state index is 0.122. The van der Waals surface area contributed by atoms with Crippen LogP contribution in [-0.2, 0) is 43.9 Å². The average Bonchev–Trinajstić information content (AvgIpc) is 1.60. The second-order valence-electron chi connectivity index (χ2n) is 23.7. The smallest absolute Gasteiger partial charge is 0.326 e. The number of nitrogens with zero attached hydrogens (tertiary/aromatic N) is 9. The minimum Gasteiger partial charge on any atom is -0.493 e. The van der Waals surface area contributed by atoms with Crippen molar-refractivity contribution in [1.29, 1.82) is 0 Å². The van der Waals surface area contributed by atoms with Gasteiger partial charge in [-0.05, 0) is 122 Å². The van der Waals surface area contributed by atoms with E-state index < -0.39 is 16.9 Å². The second-order valence-corrected chi connectivity index (χ2v) is 24.6. The van der Waals surface area contributed by atoms with Crippen LogP contribution in [0.15, 0.2) is 102 Å². The molecule has 21 heteroatoms. The van der Waals surface area contributed by atoms with Crippen LogP contribution in [0.3, 0.4) is 0 Å². The molecule has 0 unspecified atom stereocenters. The lowest BCUT2D eigenvalue weighted by Crippen LogP contribution is -2.60. The zero-order chi connectivity index (χ0) is 61.1. The van der Waals surface area contributed by atoms with E-state index in [4.69, 9.17) is 58.0 Å². The third-order valence-corrected chi connectivity index (χ3v) is 17.8. The van der Waals surface area contributed by atoms with Gasteiger partial charge in [-0.15, -0.1) is 0 Å². The van der Waals surface area contributed by atoms with Gasteiger partial charge in [0.15, 0.2) is 0 Å². The molecule has 4 aliphatic rings. The molecule has 0 saturated carbocycles. The highest BCUT2D eigenvalue weighted by Crippen LogP contribution is 2.54. The van der Waals surface area contributed by atoms with E-state index in [0.717, 1.165) is 35.1 Å². The van der Waals surface area contributed by atoms with Crippen molar-refractivity contribution in [2.75, 3.05) is 104 Å². The van der Waals surface area contributed by atoms with E-state index in [2.05, 4.69) is 66.9 Å². The summed E-state index contributed by atoms with van der Waals surface area (Å²) < 4.78 is 40.6. The number of halogens is 3. The van der Waals surface area contributed by atoms with Crippen molar-refractivity contribution in [3.63, 3.8) is 0 Å². The Morgan fingerprint density at radius 3 is 2.22 bits per heavy atom. The van der Waals surface area contributed by atoms with E-state index >= 15 is 4.79 Å². The van der Waals surface area contributed by atoms with E-state index in [1.165, 1.54) is 12.1 Å². The number of aromatic nitrogens is 3. The third-order valence-electron chi connectivity index (χ3n) is 17.3. The zero-order valence-corrected chi connectivity index (χ0v) is 51.9. The van der Waals surface area contributed by atoms with Gasteiger partial charge in [-0.25, -0.2) is 18.9 Å². The lowest BCUT2D eigenvalue weighted by molar-refractivity contribution is -0.122. The Balaban J connectivity index is 0.720. The van der Waals surface area contributed by atoms with Crippen LogP contribution in [-0.4, -0.2) is 151 Å². The fourth-order valence-corrected chi connectivity index (χ4v) is 12.6. The van der Waals surface area contributed by atoms with Crippen LogP contribution in [0.25, 0.3) is 11.1 Å². The molecule has 0 spiro atoms. The summed E-state index contributed by atoms with van der Waals surface area (Å²) in [6.07, 6.45) is 3.36. The number of fused-ring (bicyclic) bond motifs is 8. The van der Waals surface area contributed by atoms with Crippen molar-refractivity contribution in [3.8, 4) is 22.8 Å². The fourth-order valence-electron chi connectivity index (χ4n) is 12.4. The predicted molar refractivity (Wildman–Crippen MR) is 333 cm³/mol. The first-order valence-electron chi connectivity index (χ1n) is 29.6. The van der Waals surface area contributed by atoms with E-state index in [9.17, 15) is 14.0 Å². The molecule has 3 atom stereocenters. The Hall–Kier alpha value is -7.29. The quantitative estimate of drug-likeness (QED) is 0.0777. The highest BCUT2D eigenvalue weighted by Gasteiger charge is 2.60. The highest BCUT2D eigenvalue weighted by molar-refractivity contribution is 6.30. The minimum atomic E-state index is -1.04. The Labute approximate surface area is 513 Å². The summed E-state index contributed by atoms with van der Waals surface area (Å²) in [5.41, 5.74) is 11.6. The molecule has 0 radical (unpaired) electrons. The number of piperazine rings is 1. The van der Waals surface area contributed by atoms with Gasteiger partial charge in [0.25, 0.3) is 5.91 Å². The van der Waals surface area contributed by atoms with Crippen LogP contribution in [0.2, 0.25) is 10.0 Å². The number of urea groups is 1. The molecule has 2 bridgehead atoms. The SMILES string of the molecule is CCOc1cc(C(C)(C)C)ccc1C1=N[C@@](C)(c2ccc(Cl)cc2)[C@@](C)(c2ccc(Cl)cc2)N1C(=O)N1CCN(CCOCCOCCC(=O)NCCn2nc3c(c2OC)-c2cnc(N)c(c2)N2CCC[C@@H]2c2cc(F)ccc2C(=O)N(C)C3)CC1. The molecule has 6 aromatic rings. The zero-order valence-electron chi connectivity index (χ0n) is 50.4. The van der Waals surface area contributed by atoms with Crippen molar-refractivity contribution in [3.05, 3.63) is 152 Å². The summed E-state index contributed by atoms with van der Waals surface area (Å²) in [6.45, 7) is 18.6. The number of amides is 4. The molecule has 4 aromatic carbocycles. The van der Waals surface area contributed by atoms with E-state index in [1.54, 1.807) is 36.0 Å². The van der Waals surface area contributed by atoms with Gasteiger partial charge in [-0.2, -0.15) is 5.10 Å². The molecule has 3 N–H and O–H groups in total. The van der Waals surface area contributed by atoms with Crippen LogP contribution >= 0.6 is 23.2 Å². The van der Waals surface area contributed by atoms with E-state index in [0.29, 0.717) is 133 Å². The molecule has 6 heterocycles. The lowest BCUT2D eigenvalue weighted by Gasteiger charge is -2.47. The molecule has 0 aliphatic carbocycles. The Kier molecular flexibility index (Phi) is 18.7. The topological polar surface area (TPSA) is 185 Å². The Bertz CT molecular complexity index is 3480. The molecule has 456 valence electrons. The largest absolute Gasteiger partial charge is 0.493 e. The first-order chi connectivity index (χ1) is 41.2. The number of nitrogen functional groups attached to an aromatic ring is 1. The van der Waals surface area contributed by atoms with Crippen LogP contribution in [0.5, 0.6) is 11.6 Å². The summed E-state index contributed by atoms with van der Waals surface area (Å²) in [5.74, 6) is 1.08. The van der Waals surface area contributed by atoms with Gasteiger partial charge in [0.2, 0.25) is 11.8 Å². The number of nitrogens with one attached hydrogen (secondary N) is 1. The molecule has 2 saturated heterocycles. The van der Waals surface area contributed by atoms with Crippen molar-refractivity contribution in [1.82, 2.24) is 39.7 Å². The maximum atomic E-state index is 15.5. The predicted octanol–water partition coefficient (Wildman–Crippen LogP) is 10.5. The Morgan fingerprint density at radius 1 is 0.849 bits per heavy atom. The van der Waals surface area contributed by atoms with Crippen LogP contribution < -0.4 is 25.4 Å². The van der Waals surface area contributed by atoms with Crippen LogP contribution in [0.1, 0.15) is 111 Å². The summed E-state index contributed by atoms with van der Waals surface area (Å²) in [7, 11) is 3.26. The van der Waals surface area contributed by atoms with E-state index in [1.807, 2.05) is 77.4 Å². The maximum Gasteiger partial charge on any atom is 0.326 e. The monoisotopic (exact) mass is 1210 g/mol. The van der Waals surface area contributed by atoms with Gasteiger partial charge in [0.1, 0.15) is 34.3 Å². The fraction of sp³-hybridized carbons (Fsp3) is 0.446. The number of ether oxygens (including phenoxy) is 4. The number of aliphatic imine (C=N–C) groups is 1. The Morgan fingerprint density at radius 2 is 1.53 bits per heavy atom. The standard InChI is InChI=1S/C65H78Cl2FN11O7/c1-9-86-55-38-45(63(2,3)4)16-22-50(55)59-72-64(5,43-12-17-46(66)18-13-43)65(6,44-14-19-47(67)20-15-44)79(59)62(82)76-30-28-75(29-31-76)32-34-85-36-35-84-33-24-56(80)70-25-27-78-61(83-8)57-42-37-54(58(69)71-40-42)77-26-10-11-53(77)51-39-48(68)21-23-49(51)60(81)74(7)41-52(57)73-78/h12-23,37-40,53H,9-11,24-36,41H2,1-8H3,(H2,69,71)(H,70,80)/t53-,64+,65-/m1/s1. The number of amidine groups is 1. The molecule has 10 rings (SSSR count). The molecular weight excluding hydrogens is 1140 g/mol. The van der Waals surface area contributed by atoms with Gasteiger partial charge in [0.05, 0.1) is 81.8 Å². The molecule has 2 aromatic heterocycles. The number of hydrogen-bond acceptors (Lipinski definition) is 13. The van der Waals surface area contributed by atoms with E-state index in [-0.39, 0.29) is 62.0 Å². The van der Waals surface area contributed by atoms with Crippen molar-refractivity contribution in [2.45, 2.75) is 96.4 Å². The molecule has 86 heavy (non-hydrogen) atoms. The number of nitrogens with two attached hydrogens (primary N) is 1. The highest BCUT2D eigenvalue weighted by atomic mass is 35.5. The normalized spacial score (nSPS) is 19.8. The number of carbonyl (C=O) groups is 3. The molecule has 18 nitrogen and oxygen atoms in total.